The molecule has 1 aliphatic heterocycles. The van der Waals surface area contributed by atoms with Gasteiger partial charge in [-0.3, -0.25) is 0 Å². The number of ether oxygens (including phenoxy) is 1. The zero-order valence-electron chi connectivity index (χ0n) is 15.7. The number of halogens is 1. The molecule has 1 aromatic rings. The van der Waals surface area contributed by atoms with Gasteiger partial charge in [0, 0.05) is 26.2 Å². The van der Waals surface area contributed by atoms with E-state index in [4.69, 9.17) is 4.74 Å². The van der Waals surface area contributed by atoms with Crippen LogP contribution in [0.5, 0.6) is 0 Å². The van der Waals surface area contributed by atoms with E-state index >= 15 is 0 Å². The molecule has 0 aliphatic carbocycles. The Morgan fingerprint density at radius 3 is 2.50 bits per heavy atom. The van der Waals surface area contributed by atoms with Crippen LogP contribution in [0.4, 0.5) is 4.39 Å². The minimum atomic E-state index is -0.179. The predicted octanol–water partition coefficient (Wildman–Crippen LogP) is 4.35. The molecular formula is C20H31FN2O. The van der Waals surface area contributed by atoms with Gasteiger partial charge in [-0.25, -0.2) is 14.4 Å². The maximum atomic E-state index is 13.3. The molecule has 0 amide bonds. The van der Waals surface area contributed by atoms with E-state index in [9.17, 15) is 4.39 Å². The van der Waals surface area contributed by atoms with Crippen LogP contribution in [-0.4, -0.2) is 43.0 Å². The van der Waals surface area contributed by atoms with Crippen LogP contribution in [0.1, 0.15) is 46.1 Å². The van der Waals surface area contributed by atoms with Gasteiger partial charge in [0.2, 0.25) is 0 Å². The average Bonchev–Trinajstić information content (AvgIpc) is 2.95. The predicted molar refractivity (Wildman–Crippen MR) is 97.2 cm³/mol. The van der Waals surface area contributed by atoms with E-state index in [-0.39, 0.29) is 11.2 Å². The monoisotopic (exact) mass is 334 g/mol. The number of nitrogens with zero attached hydrogens (tertiary/aromatic N) is 2. The van der Waals surface area contributed by atoms with Crippen LogP contribution in [0.25, 0.3) is 0 Å². The van der Waals surface area contributed by atoms with Gasteiger partial charge in [0.25, 0.3) is 0 Å². The summed E-state index contributed by atoms with van der Waals surface area (Å²) in [7, 11) is 1.74. The highest BCUT2D eigenvalue weighted by molar-refractivity contribution is 5.25. The van der Waals surface area contributed by atoms with Gasteiger partial charge in [-0.1, -0.05) is 37.6 Å². The zero-order chi connectivity index (χ0) is 17.7. The van der Waals surface area contributed by atoms with Crippen molar-refractivity contribution in [2.75, 3.05) is 26.9 Å². The first-order valence-corrected chi connectivity index (χ1v) is 8.75. The Morgan fingerprint density at radius 1 is 1.25 bits per heavy atom. The Bertz CT molecular complexity index is 549. The van der Waals surface area contributed by atoms with Gasteiger partial charge >= 0.3 is 0 Å². The maximum Gasteiger partial charge on any atom is 0.123 e. The molecule has 1 aliphatic rings. The normalized spacial score (nSPS) is 17.9. The van der Waals surface area contributed by atoms with Gasteiger partial charge in [-0.15, -0.1) is 0 Å². The first kappa shape index (κ1) is 19.1. The Kier molecular flexibility index (Phi) is 6.55. The molecule has 2 rings (SSSR count). The second kappa shape index (κ2) is 8.24. The molecule has 0 aromatic heterocycles. The van der Waals surface area contributed by atoms with Crippen LogP contribution >= 0.6 is 0 Å². The fraction of sp³-hybridized carbons (Fsp3) is 0.600. The first-order chi connectivity index (χ1) is 11.3. The average molecular weight is 334 g/mol. The molecule has 0 N–H and O–H groups in total. The summed E-state index contributed by atoms with van der Waals surface area (Å²) in [5.74, 6) is -0.179. The fourth-order valence-corrected chi connectivity index (χ4v) is 3.53. The zero-order valence-corrected chi connectivity index (χ0v) is 15.7. The van der Waals surface area contributed by atoms with Crippen molar-refractivity contribution in [3.05, 3.63) is 47.3 Å². The third-order valence-corrected chi connectivity index (χ3v) is 4.70. The molecule has 134 valence electrons. The van der Waals surface area contributed by atoms with Crippen LogP contribution in [0.15, 0.2) is 35.9 Å². The molecule has 0 radical (unpaired) electrons. The van der Waals surface area contributed by atoms with Crippen LogP contribution in [0, 0.1) is 5.82 Å². The summed E-state index contributed by atoms with van der Waals surface area (Å²) in [4.78, 5) is 0. The summed E-state index contributed by atoms with van der Waals surface area (Å²) in [5, 5.41) is 4.73. The third kappa shape index (κ3) is 4.88. The largest absolute Gasteiger partial charge is 0.368 e. The summed E-state index contributed by atoms with van der Waals surface area (Å²) >= 11 is 0. The second-order valence-corrected chi connectivity index (χ2v) is 7.57. The Morgan fingerprint density at radius 2 is 1.92 bits per heavy atom. The fourth-order valence-electron chi connectivity index (χ4n) is 3.53. The molecule has 1 aromatic carbocycles. The van der Waals surface area contributed by atoms with Crippen molar-refractivity contribution in [1.82, 2.24) is 10.0 Å². The number of hydrogen-bond donors (Lipinski definition) is 0. The van der Waals surface area contributed by atoms with E-state index in [0.717, 1.165) is 25.9 Å². The lowest BCUT2D eigenvalue weighted by molar-refractivity contribution is -0.0778. The number of rotatable bonds is 7. The summed E-state index contributed by atoms with van der Waals surface area (Å²) in [6.45, 7) is 11.5. The SMILES string of the molecule is COCN1CCCN1C(C=C(C)C)CC(C)(C)c1ccc(F)cc1. The summed E-state index contributed by atoms with van der Waals surface area (Å²) < 4.78 is 18.6. The van der Waals surface area contributed by atoms with Crippen molar-refractivity contribution >= 4 is 0 Å². The highest BCUT2D eigenvalue weighted by Crippen LogP contribution is 2.32. The molecule has 1 atom stereocenters. The van der Waals surface area contributed by atoms with Crippen LogP contribution in [-0.2, 0) is 10.2 Å². The lowest BCUT2D eigenvalue weighted by Crippen LogP contribution is -2.46. The molecule has 0 bridgehead atoms. The van der Waals surface area contributed by atoms with Gasteiger partial charge in [-0.05, 0) is 49.8 Å². The van der Waals surface area contributed by atoms with Crippen molar-refractivity contribution in [2.24, 2.45) is 0 Å². The minimum absolute atomic E-state index is 0.0361. The molecule has 24 heavy (non-hydrogen) atoms. The van der Waals surface area contributed by atoms with Crippen molar-refractivity contribution < 1.29 is 9.13 Å². The number of methoxy groups -OCH3 is 1. The highest BCUT2D eigenvalue weighted by Gasteiger charge is 2.32. The van der Waals surface area contributed by atoms with E-state index < -0.39 is 0 Å². The summed E-state index contributed by atoms with van der Waals surface area (Å²) in [5.41, 5.74) is 2.46. The maximum absolute atomic E-state index is 13.3. The van der Waals surface area contributed by atoms with Crippen molar-refractivity contribution in [3.8, 4) is 0 Å². The standard InChI is InChI=1S/C20H31FN2O/c1-16(2)13-19(23-12-6-11-22(23)15-24-5)14-20(3,4)17-7-9-18(21)10-8-17/h7-10,13,19H,6,11-12,14-15H2,1-5H3. The number of hydrogen-bond acceptors (Lipinski definition) is 3. The quantitative estimate of drug-likeness (QED) is 0.689. The first-order valence-electron chi connectivity index (χ1n) is 8.75. The van der Waals surface area contributed by atoms with E-state index in [0.29, 0.717) is 12.8 Å². The van der Waals surface area contributed by atoms with Crippen molar-refractivity contribution in [2.45, 2.75) is 52.0 Å². The molecular weight excluding hydrogens is 303 g/mol. The van der Waals surface area contributed by atoms with Crippen molar-refractivity contribution in [1.29, 1.82) is 0 Å². The molecule has 3 nitrogen and oxygen atoms in total. The summed E-state index contributed by atoms with van der Waals surface area (Å²) in [6.07, 6.45) is 4.48. The molecule has 1 heterocycles. The van der Waals surface area contributed by atoms with E-state index in [1.807, 2.05) is 12.1 Å². The lowest BCUT2D eigenvalue weighted by Gasteiger charge is -2.38. The Labute approximate surface area is 146 Å². The van der Waals surface area contributed by atoms with Gasteiger partial charge in [0.05, 0.1) is 0 Å². The van der Waals surface area contributed by atoms with Gasteiger partial charge < -0.3 is 4.74 Å². The number of benzene rings is 1. The summed E-state index contributed by atoms with van der Waals surface area (Å²) in [6, 6.07) is 7.24. The van der Waals surface area contributed by atoms with Crippen LogP contribution in [0.2, 0.25) is 0 Å². The molecule has 1 unspecified atom stereocenters. The third-order valence-electron chi connectivity index (χ3n) is 4.70. The van der Waals surface area contributed by atoms with E-state index in [1.54, 1.807) is 19.2 Å². The van der Waals surface area contributed by atoms with E-state index in [2.05, 4.69) is 43.8 Å². The number of allylic oxidation sites excluding steroid dienone is 1. The smallest absolute Gasteiger partial charge is 0.123 e. The molecule has 1 fully saturated rings. The van der Waals surface area contributed by atoms with Gasteiger partial charge in [0.1, 0.15) is 12.5 Å². The molecule has 0 spiro atoms. The second-order valence-electron chi connectivity index (χ2n) is 7.57. The Balaban J connectivity index is 2.21. The lowest BCUT2D eigenvalue weighted by atomic mass is 9.78. The van der Waals surface area contributed by atoms with Gasteiger partial charge in [0.15, 0.2) is 0 Å². The molecule has 0 saturated carbocycles. The van der Waals surface area contributed by atoms with Crippen LogP contribution < -0.4 is 0 Å². The van der Waals surface area contributed by atoms with Crippen LogP contribution in [0.3, 0.4) is 0 Å². The number of hydrazine groups is 1. The topological polar surface area (TPSA) is 15.7 Å². The van der Waals surface area contributed by atoms with E-state index in [1.165, 1.54) is 11.1 Å². The Hall–Kier alpha value is -1.23. The molecule has 4 heteroatoms. The van der Waals surface area contributed by atoms with Crippen molar-refractivity contribution in [3.63, 3.8) is 0 Å². The minimum Gasteiger partial charge on any atom is -0.368 e. The van der Waals surface area contributed by atoms with Gasteiger partial charge in [-0.2, -0.15) is 0 Å². The molecule has 1 saturated heterocycles. The highest BCUT2D eigenvalue weighted by atomic mass is 19.1.